The van der Waals surface area contributed by atoms with Gasteiger partial charge in [0, 0.05) is 18.1 Å². The van der Waals surface area contributed by atoms with Gasteiger partial charge in [0.05, 0.1) is 16.0 Å². The SMILES string of the molecule is Cc1noc(C)c1S(=O)(=O)N1CCC(C(=O)Oc2c(Cl)cc(Cl)cc2Cl)CC1. The minimum atomic E-state index is -3.74. The van der Waals surface area contributed by atoms with Crippen molar-refractivity contribution >= 4 is 50.8 Å². The zero-order chi connectivity index (χ0) is 20.6. The zero-order valence-electron chi connectivity index (χ0n) is 15.0. The van der Waals surface area contributed by atoms with Crippen LogP contribution in [0.15, 0.2) is 21.6 Å². The first-order chi connectivity index (χ1) is 13.1. The molecule has 0 saturated carbocycles. The number of benzene rings is 1. The molecule has 0 aliphatic carbocycles. The first kappa shape index (κ1) is 21.4. The second-order valence-electron chi connectivity index (χ2n) is 6.45. The first-order valence-electron chi connectivity index (χ1n) is 8.40. The molecule has 1 fully saturated rings. The summed E-state index contributed by atoms with van der Waals surface area (Å²) in [6, 6.07) is 2.85. The normalized spacial score (nSPS) is 16.3. The van der Waals surface area contributed by atoms with Crippen LogP contribution in [0, 0.1) is 19.8 Å². The highest BCUT2D eigenvalue weighted by Gasteiger charge is 2.36. The maximum absolute atomic E-state index is 12.8. The summed E-state index contributed by atoms with van der Waals surface area (Å²) in [6.07, 6.45) is 0.620. The maximum Gasteiger partial charge on any atom is 0.314 e. The highest BCUT2D eigenvalue weighted by Crippen LogP contribution is 2.37. The molecule has 2 heterocycles. The van der Waals surface area contributed by atoms with Crippen molar-refractivity contribution < 1.29 is 22.5 Å². The molecule has 2 aromatic rings. The minimum absolute atomic E-state index is 0.0449. The molecule has 0 unspecified atom stereocenters. The molecule has 0 N–H and O–H groups in total. The Balaban J connectivity index is 1.68. The van der Waals surface area contributed by atoms with Crippen molar-refractivity contribution in [3.05, 3.63) is 38.7 Å². The minimum Gasteiger partial charge on any atom is -0.423 e. The Kier molecular flexibility index (Phi) is 6.26. The lowest BCUT2D eigenvalue weighted by atomic mass is 9.98. The Morgan fingerprint density at radius 1 is 1.18 bits per heavy atom. The second-order valence-corrected chi connectivity index (χ2v) is 9.58. The van der Waals surface area contributed by atoms with E-state index < -0.39 is 21.9 Å². The molecule has 7 nitrogen and oxygen atoms in total. The maximum atomic E-state index is 12.8. The van der Waals surface area contributed by atoms with Gasteiger partial charge >= 0.3 is 5.97 Å². The Hall–Kier alpha value is -1.32. The third-order valence-corrected chi connectivity index (χ3v) is 7.44. The van der Waals surface area contributed by atoms with E-state index in [1.807, 2.05) is 0 Å². The van der Waals surface area contributed by atoms with Gasteiger partial charge in [0.25, 0.3) is 0 Å². The van der Waals surface area contributed by atoms with E-state index in [0.717, 1.165) is 0 Å². The van der Waals surface area contributed by atoms with Crippen molar-refractivity contribution in [2.45, 2.75) is 31.6 Å². The number of aryl methyl sites for hydroxylation is 2. The van der Waals surface area contributed by atoms with Gasteiger partial charge < -0.3 is 9.26 Å². The molecule has 3 rings (SSSR count). The molecule has 152 valence electrons. The van der Waals surface area contributed by atoms with Gasteiger partial charge in [-0.25, -0.2) is 8.42 Å². The number of ether oxygens (including phenoxy) is 1. The standard InChI is InChI=1S/C17H17Cl3N2O5S/c1-9-16(10(2)27-21-9)28(24,25)22-5-3-11(4-6-22)17(23)26-15-13(19)7-12(18)8-14(15)20/h7-8,11H,3-6H2,1-2H3. The summed E-state index contributed by atoms with van der Waals surface area (Å²) in [5.74, 6) is -0.700. The quantitative estimate of drug-likeness (QED) is 0.493. The Morgan fingerprint density at radius 2 is 1.75 bits per heavy atom. The van der Waals surface area contributed by atoms with Crippen LogP contribution in [0.3, 0.4) is 0 Å². The molecule has 0 spiro atoms. The summed E-state index contributed by atoms with van der Waals surface area (Å²) in [7, 11) is -3.74. The second kappa shape index (κ2) is 8.20. The van der Waals surface area contributed by atoms with Crippen LogP contribution in [0.5, 0.6) is 5.75 Å². The van der Waals surface area contributed by atoms with Gasteiger partial charge in [-0.3, -0.25) is 4.79 Å². The molecule has 0 radical (unpaired) electrons. The monoisotopic (exact) mass is 466 g/mol. The van der Waals surface area contributed by atoms with E-state index in [-0.39, 0.29) is 39.5 Å². The zero-order valence-corrected chi connectivity index (χ0v) is 18.1. The Bertz CT molecular complexity index is 971. The molecule has 11 heteroatoms. The number of rotatable bonds is 4. The summed E-state index contributed by atoms with van der Waals surface area (Å²) in [5, 5.41) is 4.29. The Morgan fingerprint density at radius 3 is 2.25 bits per heavy atom. The third kappa shape index (κ3) is 4.16. The van der Waals surface area contributed by atoms with Crippen LogP contribution in [-0.2, 0) is 14.8 Å². The largest absolute Gasteiger partial charge is 0.423 e. The third-order valence-electron chi connectivity index (χ3n) is 4.52. The van der Waals surface area contributed by atoms with E-state index >= 15 is 0 Å². The predicted octanol–water partition coefficient (Wildman–Crippen LogP) is 4.26. The molecule has 0 bridgehead atoms. The number of esters is 1. The fourth-order valence-electron chi connectivity index (χ4n) is 3.11. The van der Waals surface area contributed by atoms with E-state index in [9.17, 15) is 13.2 Å². The number of carbonyl (C=O) groups is 1. The van der Waals surface area contributed by atoms with Crippen LogP contribution in [-0.4, -0.2) is 36.9 Å². The van der Waals surface area contributed by atoms with Crippen molar-refractivity contribution in [1.29, 1.82) is 0 Å². The number of hydrogen-bond acceptors (Lipinski definition) is 6. The van der Waals surface area contributed by atoms with E-state index in [2.05, 4.69) is 5.16 Å². The van der Waals surface area contributed by atoms with Crippen molar-refractivity contribution in [3.63, 3.8) is 0 Å². The first-order valence-corrected chi connectivity index (χ1v) is 11.0. The van der Waals surface area contributed by atoms with Gasteiger partial charge in [-0.15, -0.1) is 0 Å². The summed E-state index contributed by atoms with van der Waals surface area (Å²) >= 11 is 17.9. The molecule has 1 aromatic heterocycles. The molecule has 28 heavy (non-hydrogen) atoms. The van der Waals surface area contributed by atoms with Crippen LogP contribution in [0.2, 0.25) is 15.1 Å². The summed E-state index contributed by atoms with van der Waals surface area (Å²) in [6.45, 7) is 3.48. The molecule has 1 aliphatic rings. The number of nitrogens with zero attached hydrogens (tertiary/aromatic N) is 2. The molecule has 0 amide bonds. The topological polar surface area (TPSA) is 89.7 Å². The van der Waals surface area contributed by atoms with Gasteiger partial charge in [-0.2, -0.15) is 4.31 Å². The van der Waals surface area contributed by atoms with E-state index in [1.54, 1.807) is 13.8 Å². The highest BCUT2D eigenvalue weighted by atomic mass is 35.5. The van der Waals surface area contributed by atoms with Gasteiger partial charge in [0.1, 0.15) is 10.6 Å². The van der Waals surface area contributed by atoms with E-state index in [1.165, 1.54) is 16.4 Å². The molecule has 1 saturated heterocycles. The van der Waals surface area contributed by atoms with Crippen LogP contribution in [0.4, 0.5) is 0 Å². The predicted molar refractivity (Wildman–Crippen MR) is 105 cm³/mol. The van der Waals surface area contributed by atoms with Crippen molar-refractivity contribution in [2.24, 2.45) is 5.92 Å². The highest BCUT2D eigenvalue weighted by molar-refractivity contribution is 7.89. The van der Waals surface area contributed by atoms with Gasteiger partial charge in [0.2, 0.25) is 10.0 Å². The van der Waals surface area contributed by atoms with E-state index in [0.29, 0.717) is 23.6 Å². The number of carbonyl (C=O) groups excluding carboxylic acids is 1. The number of halogens is 3. The van der Waals surface area contributed by atoms with Gasteiger partial charge in [-0.05, 0) is 38.8 Å². The van der Waals surface area contributed by atoms with Gasteiger partial charge in [-0.1, -0.05) is 40.0 Å². The number of aromatic nitrogens is 1. The molecule has 1 aliphatic heterocycles. The summed E-state index contributed by atoms with van der Waals surface area (Å²) in [4.78, 5) is 12.6. The molecular formula is C17H17Cl3N2O5S. The molecular weight excluding hydrogens is 451 g/mol. The van der Waals surface area contributed by atoms with Crippen LogP contribution in [0.25, 0.3) is 0 Å². The lowest BCUT2D eigenvalue weighted by Crippen LogP contribution is -2.41. The van der Waals surface area contributed by atoms with Gasteiger partial charge in [0.15, 0.2) is 11.5 Å². The molecule has 1 aromatic carbocycles. The van der Waals surface area contributed by atoms with Crippen molar-refractivity contribution in [3.8, 4) is 5.75 Å². The van der Waals surface area contributed by atoms with Crippen LogP contribution >= 0.6 is 34.8 Å². The number of sulfonamides is 1. The number of hydrogen-bond donors (Lipinski definition) is 0. The van der Waals surface area contributed by atoms with E-state index in [4.69, 9.17) is 44.1 Å². The lowest BCUT2D eigenvalue weighted by molar-refractivity contribution is -0.140. The Labute approximate surface area is 177 Å². The fourth-order valence-corrected chi connectivity index (χ4v) is 5.77. The van der Waals surface area contributed by atoms with Crippen molar-refractivity contribution in [1.82, 2.24) is 9.46 Å². The summed E-state index contributed by atoms with van der Waals surface area (Å²) < 4.78 is 37.3. The van der Waals surface area contributed by atoms with Crippen LogP contribution < -0.4 is 4.74 Å². The van der Waals surface area contributed by atoms with Crippen LogP contribution in [0.1, 0.15) is 24.3 Å². The smallest absolute Gasteiger partial charge is 0.314 e. The lowest BCUT2D eigenvalue weighted by Gasteiger charge is -2.30. The number of piperidine rings is 1. The van der Waals surface area contributed by atoms with Crippen molar-refractivity contribution in [2.75, 3.05) is 13.1 Å². The molecule has 0 atom stereocenters. The fraction of sp³-hybridized carbons (Fsp3) is 0.412. The average molecular weight is 468 g/mol. The summed E-state index contributed by atoms with van der Waals surface area (Å²) in [5.41, 5.74) is 0.311. The average Bonchev–Trinajstić information content (AvgIpc) is 2.97.